The highest BCUT2D eigenvalue weighted by Crippen LogP contribution is 2.29. The number of thioether (sulfide) groups is 1. The molecule has 1 aliphatic carbocycles. The summed E-state index contributed by atoms with van der Waals surface area (Å²) < 4.78 is 13.1. The van der Waals surface area contributed by atoms with Crippen LogP contribution in [0.4, 0.5) is 4.39 Å². The third-order valence-corrected chi connectivity index (χ3v) is 4.44. The van der Waals surface area contributed by atoms with Gasteiger partial charge in [0, 0.05) is 11.3 Å². The SMILES string of the molecule is CSC1CCCC1NC(=O)c1cc(F)ccc1O. The van der Waals surface area contributed by atoms with Crippen LogP contribution in [0.1, 0.15) is 29.6 Å². The second-order valence-electron chi connectivity index (χ2n) is 4.45. The molecule has 0 bridgehead atoms. The van der Waals surface area contributed by atoms with Crippen molar-refractivity contribution in [3.8, 4) is 5.75 Å². The largest absolute Gasteiger partial charge is 0.507 e. The van der Waals surface area contributed by atoms with Crippen LogP contribution in [-0.4, -0.2) is 28.6 Å². The Hall–Kier alpha value is -1.23. The Balaban J connectivity index is 2.09. The van der Waals surface area contributed by atoms with E-state index in [-0.39, 0.29) is 17.4 Å². The van der Waals surface area contributed by atoms with Gasteiger partial charge in [0.2, 0.25) is 0 Å². The number of phenols is 1. The van der Waals surface area contributed by atoms with Crippen molar-refractivity contribution in [2.45, 2.75) is 30.6 Å². The van der Waals surface area contributed by atoms with Crippen molar-refractivity contribution in [3.05, 3.63) is 29.6 Å². The molecule has 2 atom stereocenters. The molecule has 1 fully saturated rings. The molecule has 1 amide bonds. The second-order valence-corrected chi connectivity index (χ2v) is 5.52. The van der Waals surface area contributed by atoms with Gasteiger partial charge >= 0.3 is 0 Å². The zero-order valence-electron chi connectivity index (χ0n) is 10.1. The van der Waals surface area contributed by atoms with Crippen LogP contribution in [-0.2, 0) is 0 Å². The summed E-state index contributed by atoms with van der Waals surface area (Å²) >= 11 is 1.73. The lowest BCUT2D eigenvalue weighted by Crippen LogP contribution is -2.38. The fourth-order valence-corrected chi connectivity index (χ4v) is 3.24. The topological polar surface area (TPSA) is 49.3 Å². The van der Waals surface area contributed by atoms with Gasteiger partial charge in [-0.2, -0.15) is 11.8 Å². The lowest BCUT2D eigenvalue weighted by atomic mass is 10.1. The number of halogens is 1. The molecule has 2 rings (SSSR count). The molecular formula is C13H16FNO2S. The van der Waals surface area contributed by atoms with Crippen molar-refractivity contribution < 1.29 is 14.3 Å². The van der Waals surface area contributed by atoms with Gasteiger partial charge in [0.05, 0.1) is 5.56 Å². The lowest BCUT2D eigenvalue weighted by molar-refractivity contribution is 0.0935. The van der Waals surface area contributed by atoms with Gasteiger partial charge in [-0.25, -0.2) is 4.39 Å². The normalized spacial score (nSPS) is 23.0. The maximum absolute atomic E-state index is 13.1. The smallest absolute Gasteiger partial charge is 0.255 e. The van der Waals surface area contributed by atoms with Gasteiger partial charge in [-0.3, -0.25) is 4.79 Å². The fourth-order valence-electron chi connectivity index (χ4n) is 2.31. The zero-order valence-corrected chi connectivity index (χ0v) is 11.0. The summed E-state index contributed by atoms with van der Waals surface area (Å²) in [4.78, 5) is 12.0. The van der Waals surface area contributed by atoms with Gasteiger partial charge in [0.15, 0.2) is 0 Å². The highest BCUT2D eigenvalue weighted by Gasteiger charge is 2.28. The van der Waals surface area contributed by atoms with Crippen LogP contribution in [0.5, 0.6) is 5.75 Å². The molecular weight excluding hydrogens is 253 g/mol. The van der Waals surface area contributed by atoms with Crippen molar-refractivity contribution >= 4 is 17.7 Å². The number of carbonyl (C=O) groups is 1. The molecule has 18 heavy (non-hydrogen) atoms. The number of hydrogen-bond donors (Lipinski definition) is 2. The number of hydrogen-bond acceptors (Lipinski definition) is 3. The summed E-state index contributed by atoms with van der Waals surface area (Å²) in [6.45, 7) is 0. The van der Waals surface area contributed by atoms with Gasteiger partial charge in [-0.05, 0) is 37.3 Å². The summed E-state index contributed by atoms with van der Waals surface area (Å²) in [6, 6.07) is 3.50. The van der Waals surface area contributed by atoms with E-state index >= 15 is 0 Å². The van der Waals surface area contributed by atoms with Gasteiger partial charge in [-0.1, -0.05) is 6.42 Å². The van der Waals surface area contributed by atoms with E-state index in [4.69, 9.17) is 0 Å². The molecule has 2 N–H and O–H groups in total. The van der Waals surface area contributed by atoms with Crippen LogP contribution in [0.25, 0.3) is 0 Å². The van der Waals surface area contributed by atoms with Crippen LogP contribution in [0, 0.1) is 5.82 Å². The number of phenolic OH excluding ortho intramolecular Hbond substituents is 1. The number of aromatic hydroxyl groups is 1. The monoisotopic (exact) mass is 269 g/mol. The summed E-state index contributed by atoms with van der Waals surface area (Å²) in [7, 11) is 0. The Kier molecular flexibility index (Phi) is 4.11. The van der Waals surface area contributed by atoms with Crippen LogP contribution < -0.4 is 5.32 Å². The van der Waals surface area contributed by atoms with E-state index in [1.807, 2.05) is 6.26 Å². The van der Waals surface area contributed by atoms with Crippen LogP contribution in [0.3, 0.4) is 0 Å². The van der Waals surface area contributed by atoms with E-state index in [9.17, 15) is 14.3 Å². The van der Waals surface area contributed by atoms with E-state index in [0.29, 0.717) is 5.25 Å². The molecule has 1 saturated carbocycles. The van der Waals surface area contributed by atoms with Crippen molar-refractivity contribution in [2.24, 2.45) is 0 Å². The second kappa shape index (κ2) is 5.61. The summed E-state index contributed by atoms with van der Waals surface area (Å²) in [5.41, 5.74) is 0.00162. The maximum Gasteiger partial charge on any atom is 0.255 e. The third kappa shape index (κ3) is 2.77. The molecule has 1 aromatic rings. The van der Waals surface area contributed by atoms with Crippen LogP contribution in [0.15, 0.2) is 18.2 Å². The summed E-state index contributed by atoms with van der Waals surface area (Å²) in [6.07, 6.45) is 5.13. The van der Waals surface area contributed by atoms with Crippen LogP contribution in [0.2, 0.25) is 0 Å². The number of carbonyl (C=O) groups excluding carboxylic acids is 1. The molecule has 3 nitrogen and oxygen atoms in total. The van der Waals surface area contributed by atoms with Crippen LogP contribution >= 0.6 is 11.8 Å². The highest BCUT2D eigenvalue weighted by molar-refractivity contribution is 7.99. The van der Waals surface area contributed by atoms with E-state index in [1.165, 1.54) is 6.07 Å². The molecule has 0 radical (unpaired) electrons. The average molecular weight is 269 g/mol. The predicted molar refractivity (Wildman–Crippen MR) is 70.5 cm³/mol. The van der Waals surface area contributed by atoms with Gasteiger partial charge < -0.3 is 10.4 Å². The quantitative estimate of drug-likeness (QED) is 0.886. The lowest BCUT2D eigenvalue weighted by Gasteiger charge is -2.19. The first kappa shape index (κ1) is 13.2. The van der Waals surface area contributed by atoms with E-state index in [0.717, 1.165) is 31.4 Å². The minimum atomic E-state index is -0.522. The van der Waals surface area contributed by atoms with Gasteiger partial charge in [0.1, 0.15) is 11.6 Å². The highest BCUT2D eigenvalue weighted by atomic mass is 32.2. The molecule has 98 valence electrons. The van der Waals surface area contributed by atoms with Gasteiger partial charge in [0.25, 0.3) is 5.91 Å². The van der Waals surface area contributed by atoms with Crippen molar-refractivity contribution in [2.75, 3.05) is 6.26 Å². The maximum atomic E-state index is 13.1. The summed E-state index contributed by atoms with van der Waals surface area (Å²) in [5, 5.41) is 12.9. The number of amides is 1. The van der Waals surface area contributed by atoms with E-state index < -0.39 is 11.7 Å². The Morgan fingerprint density at radius 1 is 1.50 bits per heavy atom. The van der Waals surface area contributed by atoms with Gasteiger partial charge in [-0.15, -0.1) is 0 Å². The molecule has 2 unspecified atom stereocenters. The first-order valence-electron chi connectivity index (χ1n) is 5.94. The Morgan fingerprint density at radius 2 is 2.28 bits per heavy atom. The standard InChI is InChI=1S/C13H16FNO2S/c1-18-12-4-2-3-10(12)15-13(17)9-7-8(14)5-6-11(9)16/h5-7,10,12,16H,2-4H2,1H3,(H,15,17). The Labute approximate surface area is 110 Å². The first-order chi connectivity index (χ1) is 8.61. The zero-order chi connectivity index (χ0) is 13.1. The Bertz CT molecular complexity index is 453. The van der Waals surface area contributed by atoms with Crippen molar-refractivity contribution in [1.29, 1.82) is 0 Å². The molecule has 0 heterocycles. The Morgan fingerprint density at radius 3 is 3.00 bits per heavy atom. The minimum Gasteiger partial charge on any atom is -0.507 e. The molecule has 1 aromatic carbocycles. The summed E-state index contributed by atoms with van der Waals surface area (Å²) in [5.74, 6) is -1.11. The molecule has 0 aliphatic heterocycles. The number of rotatable bonds is 3. The molecule has 0 saturated heterocycles. The van der Waals surface area contributed by atoms with E-state index in [1.54, 1.807) is 11.8 Å². The first-order valence-corrected chi connectivity index (χ1v) is 7.23. The minimum absolute atomic E-state index is 0.00162. The average Bonchev–Trinajstić information content (AvgIpc) is 2.79. The fraction of sp³-hybridized carbons (Fsp3) is 0.462. The molecule has 0 spiro atoms. The molecule has 0 aromatic heterocycles. The van der Waals surface area contributed by atoms with E-state index in [2.05, 4.69) is 5.32 Å². The predicted octanol–water partition coefficient (Wildman–Crippen LogP) is 2.55. The third-order valence-electron chi connectivity index (χ3n) is 3.28. The molecule has 5 heteroatoms. The van der Waals surface area contributed by atoms with Crippen molar-refractivity contribution in [3.63, 3.8) is 0 Å². The molecule has 1 aliphatic rings. The number of benzene rings is 1. The number of nitrogens with one attached hydrogen (secondary N) is 1. The van der Waals surface area contributed by atoms with Crippen molar-refractivity contribution in [1.82, 2.24) is 5.32 Å².